The van der Waals surface area contributed by atoms with Gasteiger partial charge in [-0.05, 0) is 24.1 Å². The highest BCUT2D eigenvalue weighted by Crippen LogP contribution is 2.13. The third-order valence-corrected chi connectivity index (χ3v) is 2.52. The Morgan fingerprint density at radius 3 is 2.80 bits per heavy atom. The zero-order chi connectivity index (χ0) is 11.3. The molecule has 0 spiro atoms. The van der Waals surface area contributed by atoms with Gasteiger partial charge in [-0.25, -0.2) is 4.79 Å². The van der Waals surface area contributed by atoms with Crippen molar-refractivity contribution >= 4 is 22.0 Å². The molecule has 0 aliphatic carbocycles. The average molecular weight is 272 g/mol. The predicted octanol–water partition coefficient (Wildman–Crippen LogP) is 3.34. The lowest BCUT2D eigenvalue weighted by atomic mass is 10.2. The fraction of sp³-hybridized carbons (Fsp3) is 0.364. The zero-order valence-electron chi connectivity index (χ0n) is 8.61. The van der Waals surface area contributed by atoms with Crippen molar-refractivity contribution in [1.29, 1.82) is 0 Å². The van der Waals surface area contributed by atoms with E-state index >= 15 is 0 Å². The number of hydrogen-bond donors (Lipinski definition) is 1. The Kier molecular flexibility index (Phi) is 4.62. The van der Waals surface area contributed by atoms with Crippen LogP contribution >= 0.6 is 15.9 Å². The maximum Gasteiger partial charge on any atom is 0.407 e. The number of halogens is 1. The van der Waals surface area contributed by atoms with Crippen molar-refractivity contribution in [3.05, 3.63) is 34.3 Å². The van der Waals surface area contributed by atoms with Crippen molar-refractivity contribution in [3.63, 3.8) is 0 Å². The number of rotatable bonds is 4. The fourth-order valence-electron chi connectivity index (χ4n) is 1.37. The number of amides is 1. The minimum Gasteiger partial charge on any atom is -0.465 e. The van der Waals surface area contributed by atoms with Gasteiger partial charge in [0, 0.05) is 17.6 Å². The molecule has 0 saturated heterocycles. The van der Waals surface area contributed by atoms with Crippen molar-refractivity contribution in [3.8, 4) is 0 Å². The van der Waals surface area contributed by atoms with Crippen LogP contribution in [0.5, 0.6) is 0 Å². The van der Waals surface area contributed by atoms with Gasteiger partial charge in [0.1, 0.15) is 0 Å². The van der Waals surface area contributed by atoms with Crippen LogP contribution in [0, 0.1) is 0 Å². The molecule has 0 unspecified atom stereocenters. The lowest BCUT2D eigenvalue weighted by Gasteiger charge is -2.18. The van der Waals surface area contributed by atoms with E-state index in [9.17, 15) is 4.79 Å². The first-order valence-electron chi connectivity index (χ1n) is 4.85. The molecule has 82 valence electrons. The quantitative estimate of drug-likeness (QED) is 0.913. The molecule has 3 nitrogen and oxygen atoms in total. The second-order valence-electron chi connectivity index (χ2n) is 3.33. The summed E-state index contributed by atoms with van der Waals surface area (Å²) in [6, 6.07) is 7.70. The lowest BCUT2D eigenvalue weighted by Crippen LogP contribution is -2.29. The van der Waals surface area contributed by atoms with Crippen LogP contribution in [0.2, 0.25) is 0 Å². The van der Waals surface area contributed by atoms with Crippen LogP contribution in [0.25, 0.3) is 0 Å². The number of nitrogens with zero attached hydrogens (tertiary/aromatic N) is 1. The first-order chi connectivity index (χ1) is 7.13. The van der Waals surface area contributed by atoms with E-state index in [0.29, 0.717) is 13.1 Å². The summed E-state index contributed by atoms with van der Waals surface area (Å²) in [5, 5.41) is 8.95. The van der Waals surface area contributed by atoms with Crippen molar-refractivity contribution in [1.82, 2.24) is 4.90 Å². The lowest BCUT2D eigenvalue weighted by molar-refractivity contribution is 0.142. The monoisotopic (exact) mass is 271 g/mol. The molecule has 0 aliphatic rings. The summed E-state index contributed by atoms with van der Waals surface area (Å²) in [6.45, 7) is 2.99. The molecule has 0 atom stereocenters. The fourth-order valence-corrected chi connectivity index (χ4v) is 1.81. The van der Waals surface area contributed by atoms with E-state index < -0.39 is 6.09 Å². The Hall–Kier alpha value is -1.03. The highest BCUT2D eigenvalue weighted by atomic mass is 79.9. The summed E-state index contributed by atoms with van der Waals surface area (Å²) >= 11 is 3.36. The summed E-state index contributed by atoms with van der Waals surface area (Å²) in [5.41, 5.74) is 1.00. The van der Waals surface area contributed by atoms with Gasteiger partial charge in [-0.3, -0.25) is 0 Å². The Balaban J connectivity index is 2.69. The number of benzene rings is 1. The molecule has 1 amide bonds. The minimum absolute atomic E-state index is 0.447. The zero-order valence-corrected chi connectivity index (χ0v) is 10.2. The van der Waals surface area contributed by atoms with Crippen LogP contribution in [0.4, 0.5) is 4.79 Å². The largest absolute Gasteiger partial charge is 0.465 e. The summed E-state index contributed by atoms with van der Waals surface area (Å²) in [5.74, 6) is 0. The van der Waals surface area contributed by atoms with Crippen LogP contribution < -0.4 is 0 Å². The standard InChI is InChI=1S/C11H14BrNO2/c1-2-6-13(11(14)15)8-9-4-3-5-10(12)7-9/h3-5,7H,2,6,8H2,1H3,(H,14,15). The van der Waals surface area contributed by atoms with Gasteiger partial charge in [0.25, 0.3) is 0 Å². The topological polar surface area (TPSA) is 40.5 Å². The molecule has 0 bridgehead atoms. The van der Waals surface area contributed by atoms with Crippen LogP contribution in [0.1, 0.15) is 18.9 Å². The Morgan fingerprint density at radius 1 is 1.53 bits per heavy atom. The van der Waals surface area contributed by atoms with Gasteiger partial charge in [0.2, 0.25) is 0 Å². The summed E-state index contributed by atoms with van der Waals surface area (Å²) in [4.78, 5) is 12.3. The predicted molar refractivity (Wildman–Crippen MR) is 62.9 cm³/mol. The second kappa shape index (κ2) is 5.75. The molecule has 0 aromatic heterocycles. The molecule has 1 aromatic rings. The highest BCUT2D eigenvalue weighted by molar-refractivity contribution is 9.10. The number of hydrogen-bond acceptors (Lipinski definition) is 1. The highest BCUT2D eigenvalue weighted by Gasteiger charge is 2.10. The van der Waals surface area contributed by atoms with E-state index in [2.05, 4.69) is 15.9 Å². The third-order valence-electron chi connectivity index (χ3n) is 2.03. The number of carboxylic acid groups (broad SMARTS) is 1. The van der Waals surface area contributed by atoms with Gasteiger partial charge in [0.05, 0.1) is 0 Å². The Bertz CT molecular complexity index is 341. The molecule has 1 rings (SSSR count). The van der Waals surface area contributed by atoms with Crippen molar-refractivity contribution in [2.75, 3.05) is 6.54 Å². The molecule has 15 heavy (non-hydrogen) atoms. The average Bonchev–Trinajstić information content (AvgIpc) is 2.17. The van der Waals surface area contributed by atoms with E-state index in [1.54, 1.807) is 0 Å². The van der Waals surface area contributed by atoms with Gasteiger partial charge in [-0.1, -0.05) is 35.0 Å². The van der Waals surface area contributed by atoms with Crippen molar-refractivity contribution in [2.24, 2.45) is 0 Å². The van der Waals surface area contributed by atoms with Gasteiger partial charge < -0.3 is 10.0 Å². The molecule has 0 heterocycles. The number of carbonyl (C=O) groups is 1. The van der Waals surface area contributed by atoms with Crippen LogP contribution in [-0.4, -0.2) is 22.6 Å². The molecule has 0 aliphatic heterocycles. The smallest absolute Gasteiger partial charge is 0.407 e. The summed E-state index contributed by atoms with van der Waals surface area (Å²) in [7, 11) is 0. The van der Waals surface area contributed by atoms with Crippen LogP contribution in [-0.2, 0) is 6.54 Å². The Morgan fingerprint density at radius 2 is 2.27 bits per heavy atom. The van der Waals surface area contributed by atoms with E-state index in [1.807, 2.05) is 31.2 Å². The third kappa shape index (κ3) is 3.91. The van der Waals surface area contributed by atoms with E-state index in [0.717, 1.165) is 16.5 Å². The molecule has 1 N–H and O–H groups in total. The van der Waals surface area contributed by atoms with Gasteiger partial charge in [-0.15, -0.1) is 0 Å². The second-order valence-corrected chi connectivity index (χ2v) is 4.25. The maximum absolute atomic E-state index is 10.9. The van der Waals surface area contributed by atoms with E-state index in [-0.39, 0.29) is 0 Å². The first-order valence-corrected chi connectivity index (χ1v) is 5.65. The molecule has 1 aromatic carbocycles. The van der Waals surface area contributed by atoms with Gasteiger partial charge in [0.15, 0.2) is 0 Å². The minimum atomic E-state index is -0.864. The van der Waals surface area contributed by atoms with Crippen LogP contribution in [0.3, 0.4) is 0 Å². The van der Waals surface area contributed by atoms with E-state index in [1.165, 1.54) is 4.90 Å². The molecule has 0 radical (unpaired) electrons. The maximum atomic E-state index is 10.9. The molecule has 0 saturated carbocycles. The normalized spacial score (nSPS) is 10.0. The summed E-state index contributed by atoms with van der Waals surface area (Å²) < 4.78 is 0.974. The van der Waals surface area contributed by atoms with Gasteiger partial charge in [-0.2, -0.15) is 0 Å². The SMILES string of the molecule is CCCN(Cc1cccc(Br)c1)C(=O)O. The van der Waals surface area contributed by atoms with Crippen LogP contribution in [0.15, 0.2) is 28.7 Å². The summed E-state index contributed by atoms with van der Waals surface area (Å²) in [6.07, 6.45) is -0.0304. The van der Waals surface area contributed by atoms with Gasteiger partial charge >= 0.3 is 6.09 Å². The molecular formula is C11H14BrNO2. The molecule has 4 heteroatoms. The molecule has 0 fully saturated rings. The molecular weight excluding hydrogens is 258 g/mol. The van der Waals surface area contributed by atoms with Crippen molar-refractivity contribution < 1.29 is 9.90 Å². The Labute approximate surface area is 97.8 Å². The first kappa shape index (κ1) is 12.0. The van der Waals surface area contributed by atoms with E-state index in [4.69, 9.17) is 5.11 Å². The van der Waals surface area contributed by atoms with Crippen molar-refractivity contribution in [2.45, 2.75) is 19.9 Å².